The summed E-state index contributed by atoms with van der Waals surface area (Å²) in [5.74, 6) is 0.0995. The Kier molecular flexibility index (Phi) is 1.59. The van der Waals surface area contributed by atoms with Gasteiger partial charge in [0.2, 0.25) is 0 Å². The van der Waals surface area contributed by atoms with Crippen molar-refractivity contribution in [2.24, 2.45) is 0 Å². The third-order valence-electron chi connectivity index (χ3n) is 1.60. The SMILES string of the molecule is Oc1cccc2c(Cl)cnnc12. The van der Waals surface area contributed by atoms with Crippen LogP contribution in [0.3, 0.4) is 0 Å². The molecule has 1 heterocycles. The van der Waals surface area contributed by atoms with E-state index < -0.39 is 0 Å². The second-order valence-electron chi connectivity index (χ2n) is 2.37. The first-order valence-corrected chi connectivity index (χ1v) is 3.76. The van der Waals surface area contributed by atoms with E-state index in [-0.39, 0.29) is 5.75 Å². The molecule has 3 nitrogen and oxygen atoms in total. The third-order valence-corrected chi connectivity index (χ3v) is 1.90. The number of nitrogens with zero attached hydrogens (tertiary/aromatic N) is 2. The van der Waals surface area contributed by atoms with E-state index in [1.165, 1.54) is 6.20 Å². The molecule has 12 heavy (non-hydrogen) atoms. The molecule has 0 aliphatic rings. The fraction of sp³-hybridized carbons (Fsp3) is 0. The van der Waals surface area contributed by atoms with E-state index in [2.05, 4.69) is 10.2 Å². The Morgan fingerprint density at radius 1 is 1.33 bits per heavy atom. The zero-order valence-electron chi connectivity index (χ0n) is 6.03. The van der Waals surface area contributed by atoms with Gasteiger partial charge in [-0.3, -0.25) is 0 Å². The number of benzene rings is 1. The molecule has 4 heteroatoms. The third kappa shape index (κ3) is 0.987. The van der Waals surface area contributed by atoms with Gasteiger partial charge in [-0.25, -0.2) is 0 Å². The Bertz CT molecular complexity index is 389. The van der Waals surface area contributed by atoms with Crippen LogP contribution in [0.4, 0.5) is 0 Å². The van der Waals surface area contributed by atoms with Crippen LogP contribution < -0.4 is 0 Å². The molecule has 0 saturated heterocycles. The van der Waals surface area contributed by atoms with Crippen LogP contribution in [0.5, 0.6) is 5.75 Å². The van der Waals surface area contributed by atoms with Crippen LogP contribution in [-0.2, 0) is 0 Å². The van der Waals surface area contributed by atoms with E-state index >= 15 is 0 Å². The standard InChI is InChI=1S/C8H5ClN2O/c9-6-4-10-11-8-5(6)2-1-3-7(8)12/h1-4,12H. The number of hydrogen-bond donors (Lipinski definition) is 1. The Hall–Kier alpha value is -1.35. The van der Waals surface area contributed by atoms with E-state index in [9.17, 15) is 5.11 Å². The number of aromatic hydroxyl groups is 1. The summed E-state index contributed by atoms with van der Waals surface area (Å²) in [6.07, 6.45) is 1.45. The number of halogens is 1. The molecule has 0 unspecified atom stereocenters. The predicted molar refractivity (Wildman–Crippen MR) is 46.2 cm³/mol. The van der Waals surface area contributed by atoms with Crippen LogP contribution in [0.15, 0.2) is 24.4 Å². The Morgan fingerprint density at radius 3 is 2.92 bits per heavy atom. The topological polar surface area (TPSA) is 46.0 Å². The van der Waals surface area contributed by atoms with Crippen molar-refractivity contribution in [1.29, 1.82) is 0 Å². The van der Waals surface area contributed by atoms with Gasteiger partial charge in [-0.05, 0) is 6.07 Å². The summed E-state index contributed by atoms with van der Waals surface area (Å²) in [5, 5.41) is 17.9. The van der Waals surface area contributed by atoms with Gasteiger partial charge in [-0.1, -0.05) is 23.7 Å². The Morgan fingerprint density at radius 2 is 2.17 bits per heavy atom. The Balaban J connectivity index is 2.94. The minimum absolute atomic E-state index is 0.0995. The van der Waals surface area contributed by atoms with Crippen molar-refractivity contribution in [3.8, 4) is 5.75 Å². The zero-order valence-corrected chi connectivity index (χ0v) is 6.78. The molecule has 0 spiro atoms. The van der Waals surface area contributed by atoms with E-state index in [0.29, 0.717) is 15.9 Å². The van der Waals surface area contributed by atoms with Crippen molar-refractivity contribution in [2.75, 3.05) is 0 Å². The van der Waals surface area contributed by atoms with Crippen molar-refractivity contribution in [3.05, 3.63) is 29.4 Å². The summed E-state index contributed by atoms with van der Waals surface area (Å²) < 4.78 is 0. The van der Waals surface area contributed by atoms with Crippen molar-refractivity contribution < 1.29 is 5.11 Å². The fourth-order valence-electron chi connectivity index (χ4n) is 1.04. The molecule has 0 fully saturated rings. The molecule has 60 valence electrons. The number of rotatable bonds is 0. The van der Waals surface area contributed by atoms with Crippen LogP contribution in [0.2, 0.25) is 5.02 Å². The van der Waals surface area contributed by atoms with Gasteiger partial charge in [0, 0.05) is 5.39 Å². The van der Waals surface area contributed by atoms with Crippen molar-refractivity contribution in [2.45, 2.75) is 0 Å². The van der Waals surface area contributed by atoms with E-state index in [1.807, 2.05) is 0 Å². The minimum Gasteiger partial charge on any atom is -0.506 e. The normalized spacial score (nSPS) is 10.4. The van der Waals surface area contributed by atoms with Gasteiger partial charge in [0.15, 0.2) is 0 Å². The lowest BCUT2D eigenvalue weighted by Crippen LogP contribution is -1.83. The summed E-state index contributed by atoms with van der Waals surface area (Å²) in [5.41, 5.74) is 0.435. The quantitative estimate of drug-likeness (QED) is 0.675. The van der Waals surface area contributed by atoms with Gasteiger partial charge in [-0.15, -0.1) is 5.10 Å². The molecule has 0 bridgehead atoms. The van der Waals surface area contributed by atoms with E-state index in [1.54, 1.807) is 18.2 Å². The van der Waals surface area contributed by atoms with Gasteiger partial charge in [0.1, 0.15) is 11.3 Å². The highest BCUT2D eigenvalue weighted by Crippen LogP contribution is 2.26. The highest BCUT2D eigenvalue weighted by Gasteiger charge is 2.03. The summed E-state index contributed by atoms with van der Waals surface area (Å²) >= 11 is 5.82. The first-order valence-electron chi connectivity index (χ1n) is 3.38. The van der Waals surface area contributed by atoms with Gasteiger partial charge >= 0.3 is 0 Å². The largest absolute Gasteiger partial charge is 0.506 e. The second-order valence-corrected chi connectivity index (χ2v) is 2.77. The maximum atomic E-state index is 9.33. The fourth-order valence-corrected chi connectivity index (χ4v) is 1.23. The molecule has 1 N–H and O–H groups in total. The first kappa shape index (κ1) is 7.31. The van der Waals surface area contributed by atoms with E-state index in [4.69, 9.17) is 11.6 Å². The van der Waals surface area contributed by atoms with Crippen molar-refractivity contribution in [1.82, 2.24) is 10.2 Å². The molecule has 0 radical (unpaired) electrons. The van der Waals surface area contributed by atoms with Crippen molar-refractivity contribution >= 4 is 22.5 Å². The molecule has 2 rings (SSSR count). The van der Waals surface area contributed by atoms with Gasteiger partial charge in [-0.2, -0.15) is 5.10 Å². The Labute approximate surface area is 73.6 Å². The summed E-state index contributed by atoms with van der Waals surface area (Å²) in [6.45, 7) is 0. The number of phenolic OH excluding ortho intramolecular Hbond substituents is 1. The zero-order chi connectivity index (χ0) is 8.55. The van der Waals surface area contributed by atoms with Crippen LogP contribution >= 0.6 is 11.6 Å². The molecule has 0 aliphatic heterocycles. The van der Waals surface area contributed by atoms with Crippen LogP contribution in [-0.4, -0.2) is 15.3 Å². The van der Waals surface area contributed by atoms with Crippen molar-refractivity contribution in [3.63, 3.8) is 0 Å². The molecular weight excluding hydrogens is 176 g/mol. The molecular formula is C8H5ClN2O. The van der Waals surface area contributed by atoms with E-state index in [0.717, 1.165) is 0 Å². The maximum absolute atomic E-state index is 9.33. The second kappa shape index (κ2) is 2.60. The molecule has 0 atom stereocenters. The van der Waals surface area contributed by atoms with Crippen LogP contribution in [0, 0.1) is 0 Å². The molecule has 1 aromatic carbocycles. The summed E-state index contributed by atoms with van der Waals surface area (Å²) in [7, 11) is 0. The average molecular weight is 181 g/mol. The van der Waals surface area contributed by atoms with Crippen LogP contribution in [0.25, 0.3) is 10.9 Å². The number of hydrogen-bond acceptors (Lipinski definition) is 3. The lowest BCUT2D eigenvalue weighted by Gasteiger charge is -1.98. The summed E-state index contributed by atoms with van der Waals surface area (Å²) in [6, 6.07) is 5.05. The monoisotopic (exact) mass is 180 g/mol. The highest BCUT2D eigenvalue weighted by atomic mass is 35.5. The number of phenols is 1. The smallest absolute Gasteiger partial charge is 0.143 e. The highest BCUT2D eigenvalue weighted by molar-refractivity contribution is 6.35. The molecule has 0 amide bonds. The summed E-state index contributed by atoms with van der Waals surface area (Å²) in [4.78, 5) is 0. The first-order chi connectivity index (χ1) is 5.79. The minimum atomic E-state index is 0.0995. The number of aromatic nitrogens is 2. The van der Waals surface area contributed by atoms with Gasteiger partial charge in [0.25, 0.3) is 0 Å². The molecule has 2 aromatic rings. The van der Waals surface area contributed by atoms with Crippen LogP contribution in [0.1, 0.15) is 0 Å². The lowest BCUT2D eigenvalue weighted by molar-refractivity contribution is 0.480. The molecule has 0 saturated carbocycles. The maximum Gasteiger partial charge on any atom is 0.143 e. The predicted octanol–water partition coefficient (Wildman–Crippen LogP) is 1.99. The van der Waals surface area contributed by atoms with Gasteiger partial charge < -0.3 is 5.11 Å². The molecule has 1 aromatic heterocycles. The number of fused-ring (bicyclic) bond motifs is 1. The average Bonchev–Trinajstić information content (AvgIpc) is 2.07. The lowest BCUT2D eigenvalue weighted by atomic mass is 10.2. The molecule has 0 aliphatic carbocycles. The van der Waals surface area contributed by atoms with Gasteiger partial charge in [0.05, 0.1) is 11.2 Å².